The number of fused-ring (bicyclic) bond motifs is 1. The summed E-state index contributed by atoms with van der Waals surface area (Å²) in [4.78, 5) is 12.6. The van der Waals surface area contributed by atoms with Crippen LogP contribution in [0.3, 0.4) is 0 Å². The van der Waals surface area contributed by atoms with Crippen LogP contribution >= 0.6 is 11.6 Å². The van der Waals surface area contributed by atoms with Crippen LogP contribution in [0.4, 0.5) is 0 Å². The Morgan fingerprint density at radius 1 is 0.739 bits per heavy atom. The molecule has 2 nitrogen and oxygen atoms in total. The van der Waals surface area contributed by atoms with Gasteiger partial charge in [-0.1, -0.05) is 72.3 Å². The molecule has 0 unspecified atom stereocenters. The highest BCUT2D eigenvalue weighted by atomic mass is 35.5. The van der Waals surface area contributed by atoms with E-state index < -0.39 is 5.54 Å². The number of rotatable bonds is 2. The van der Waals surface area contributed by atoms with Crippen molar-refractivity contribution in [3.8, 4) is 0 Å². The van der Waals surface area contributed by atoms with Crippen LogP contribution in [0.1, 0.15) is 27.0 Å². The maximum absolute atomic E-state index is 12.6. The Morgan fingerprint density at radius 3 is 2.09 bits per heavy atom. The number of hydrogen-bond acceptors (Lipinski definition) is 1. The monoisotopic (exact) mass is 319 g/mol. The standard InChI is InChI=1S/C20H14ClNO/c21-16-12-10-15(11-13-16)20(14-6-2-1-3-7-14)18-9-5-4-8-17(18)19(23)22-20/h1-13H,(H,22,23)/t20-/m1/s1. The molecule has 23 heavy (non-hydrogen) atoms. The van der Waals surface area contributed by atoms with Gasteiger partial charge in [0.05, 0.1) is 0 Å². The Kier molecular flexibility index (Phi) is 3.21. The Balaban J connectivity index is 2.04. The van der Waals surface area contributed by atoms with Crippen molar-refractivity contribution in [2.45, 2.75) is 5.54 Å². The normalized spacial score (nSPS) is 19.3. The van der Waals surface area contributed by atoms with Gasteiger partial charge in [0, 0.05) is 10.6 Å². The molecule has 0 radical (unpaired) electrons. The average molecular weight is 320 g/mol. The van der Waals surface area contributed by atoms with E-state index in [0.29, 0.717) is 10.6 Å². The molecule has 0 fully saturated rings. The van der Waals surface area contributed by atoms with Crippen LogP contribution in [0.5, 0.6) is 0 Å². The molecular formula is C20H14ClNO. The smallest absolute Gasteiger partial charge is 0.252 e. The summed E-state index contributed by atoms with van der Waals surface area (Å²) in [6.45, 7) is 0. The number of carbonyl (C=O) groups is 1. The lowest BCUT2D eigenvalue weighted by Gasteiger charge is -2.32. The Hall–Kier alpha value is -2.58. The van der Waals surface area contributed by atoms with Gasteiger partial charge in [-0.2, -0.15) is 0 Å². The summed E-state index contributed by atoms with van der Waals surface area (Å²) in [5.74, 6) is -0.0561. The molecule has 0 saturated heterocycles. The van der Waals surface area contributed by atoms with E-state index in [1.54, 1.807) is 0 Å². The van der Waals surface area contributed by atoms with Gasteiger partial charge in [0.25, 0.3) is 5.91 Å². The van der Waals surface area contributed by atoms with Gasteiger partial charge < -0.3 is 5.32 Å². The zero-order valence-corrected chi connectivity index (χ0v) is 13.0. The Bertz CT molecular complexity index is 874. The van der Waals surface area contributed by atoms with Crippen molar-refractivity contribution in [3.63, 3.8) is 0 Å². The van der Waals surface area contributed by atoms with Gasteiger partial charge in [-0.25, -0.2) is 0 Å². The first kappa shape index (κ1) is 14.0. The van der Waals surface area contributed by atoms with E-state index in [1.165, 1.54) is 0 Å². The molecule has 1 heterocycles. The van der Waals surface area contributed by atoms with Crippen LogP contribution in [-0.4, -0.2) is 5.91 Å². The topological polar surface area (TPSA) is 29.1 Å². The SMILES string of the molecule is O=C1N[C@](c2ccccc2)(c2ccc(Cl)cc2)c2ccccc21. The van der Waals surface area contributed by atoms with Crippen molar-refractivity contribution in [3.05, 3.63) is 106 Å². The summed E-state index contributed by atoms with van der Waals surface area (Å²) in [6, 6.07) is 25.4. The summed E-state index contributed by atoms with van der Waals surface area (Å²) >= 11 is 6.05. The largest absolute Gasteiger partial charge is 0.334 e. The van der Waals surface area contributed by atoms with Crippen LogP contribution in [0.15, 0.2) is 78.9 Å². The van der Waals surface area contributed by atoms with E-state index in [2.05, 4.69) is 5.32 Å². The molecule has 4 rings (SSSR count). The van der Waals surface area contributed by atoms with E-state index in [4.69, 9.17) is 11.6 Å². The van der Waals surface area contributed by atoms with Gasteiger partial charge in [-0.05, 0) is 34.9 Å². The molecule has 1 N–H and O–H groups in total. The molecule has 1 aliphatic heterocycles. The summed E-state index contributed by atoms with van der Waals surface area (Å²) in [6.07, 6.45) is 0. The van der Waals surface area contributed by atoms with Gasteiger partial charge >= 0.3 is 0 Å². The van der Waals surface area contributed by atoms with Crippen LogP contribution in [0.2, 0.25) is 5.02 Å². The summed E-state index contributed by atoms with van der Waals surface area (Å²) in [5.41, 5.74) is 3.02. The molecule has 0 saturated carbocycles. The number of hydrogen-bond donors (Lipinski definition) is 1. The third-order valence-corrected chi connectivity index (χ3v) is 4.61. The molecule has 1 atom stereocenters. The molecule has 3 aromatic carbocycles. The number of nitrogens with one attached hydrogen (secondary N) is 1. The summed E-state index contributed by atoms with van der Waals surface area (Å²) in [7, 11) is 0. The lowest BCUT2D eigenvalue weighted by atomic mass is 9.78. The minimum atomic E-state index is -0.681. The molecule has 3 aromatic rings. The first-order valence-corrected chi connectivity index (χ1v) is 7.83. The van der Waals surface area contributed by atoms with Crippen LogP contribution in [0.25, 0.3) is 0 Å². The van der Waals surface area contributed by atoms with E-state index in [1.807, 2.05) is 78.9 Å². The van der Waals surface area contributed by atoms with Gasteiger partial charge in [0.1, 0.15) is 5.54 Å². The Morgan fingerprint density at radius 2 is 1.35 bits per heavy atom. The number of benzene rings is 3. The van der Waals surface area contributed by atoms with Gasteiger partial charge in [-0.15, -0.1) is 0 Å². The molecule has 112 valence electrons. The fourth-order valence-corrected chi connectivity index (χ4v) is 3.45. The lowest BCUT2D eigenvalue weighted by molar-refractivity contribution is 0.0948. The molecule has 1 amide bonds. The van der Waals surface area contributed by atoms with Crippen LogP contribution in [0, 0.1) is 0 Å². The van der Waals surface area contributed by atoms with Crippen LogP contribution in [-0.2, 0) is 5.54 Å². The molecule has 1 aliphatic rings. The highest BCUT2D eigenvalue weighted by molar-refractivity contribution is 6.30. The number of halogens is 1. The maximum Gasteiger partial charge on any atom is 0.252 e. The predicted molar refractivity (Wildman–Crippen MR) is 91.7 cm³/mol. The summed E-state index contributed by atoms with van der Waals surface area (Å²) < 4.78 is 0. The van der Waals surface area contributed by atoms with E-state index in [0.717, 1.165) is 16.7 Å². The van der Waals surface area contributed by atoms with Gasteiger partial charge in [0.2, 0.25) is 0 Å². The maximum atomic E-state index is 12.6. The van der Waals surface area contributed by atoms with Crippen molar-refractivity contribution in [1.29, 1.82) is 0 Å². The second kappa shape index (κ2) is 5.25. The van der Waals surface area contributed by atoms with Crippen molar-refractivity contribution in [2.75, 3.05) is 0 Å². The molecule has 0 aromatic heterocycles. The van der Waals surface area contributed by atoms with Crippen molar-refractivity contribution >= 4 is 17.5 Å². The van der Waals surface area contributed by atoms with E-state index in [9.17, 15) is 4.79 Å². The third kappa shape index (κ3) is 2.07. The quantitative estimate of drug-likeness (QED) is 0.746. The predicted octanol–water partition coefficient (Wildman–Crippen LogP) is 4.38. The van der Waals surface area contributed by atoms with Crippen molar-refractivity contribution < 1.29 is 4.79 Å². The fraction of sp³-hybridized carbons (Fsp3) is 0.0500. The van der Waals surface area contributed by atoms with Gasteiger partial charge in [0.15, 0.2) is 0 Å². The number of amides is 1. The molecule has 0 aliphatic carbocycles. The summed E-state index contributed by atoms with van der Waals surface area (Å²) in [5, 5.41) is 3.88. The van der Waals surface area contributed by atoms with Crippen molar-refractivity contribution in [1.82, 2.24) is 5.32 Å². The molecule has 0 bridgehead atoms. The third-order valence-electron chi connectivity index (χ3n) is 4.36. The fourth-order valence-electron chi connectivity index (χ4n) is 3.32. The van der Waals surface area contributed by atoms with Crippen molar-refractivity contribution in [2.24, 2.45) is 0 Å². The van der Waals surface area contributed by atoms with Crippen LogP contribution < -0.4 is 5.32 Å². The minimum absolute atomic E-state index is 0.0561. The van der Waals surface area contributed by atoms with E-state index in [-0.39, 0.29) is 5.91 Å². The highest BCUT2D eigenvalue weighted by Crippen LogP contribution is 2.42. The molecule has 0 spiro atoms. The first-order chi connectivity index (χ1) is 11.2. The zero-order valence-electron chi connectivity index (χ0n) is 12.3. The average Bonchev–Trinajstić information content (AvgIpc) is 2.91. The molecule has 3 heteroatoms. The lowest BCUT2D eigenvalue weighted by Crippen LogP contribution is -2.41. The minimum Gasteiger partial charge on any atom is -0.334 e. The Labute approximate surface area is 139 Å². The second-order valence-corrected chi connectivity index (χ2v) is 6.06. The second-order valence-electron chi connectivity index (χ2n) is 5.62. The van der Waals surface area contributed by atoms with E-state index >= 15 is 0 Å². The molecular weight excluding hydrogens is 306 g/mol. The zero-order chi connectivity index (χ0) is 15.9. The van der Waals surface area contributed by atoms with Gasteiger partial charge in [-0.3, -0.25) is 4.79 Å². The highest BCUT2D eigenvalue weighted by Gasteiger charge is 2.45. The number of carbonyl (C=O) groups excluding carboxylic acids is 1. The first-order valence-electron chi connectivity index (χ1n) is 7.45.